The Labute approximate surface area is 210 Å². The van der Waals surface area contributed by atoms with Crippen LogP contribution in [0, 0.1) is 0 Å². The number of carbonyl (C=O) groups excluding carboxylic acids is 3. The van der Waals surface area contributed by atoms with Crippen LogP contribution in [0.1, 0.15) is 11.1 Å². The molecular weight excluding hydrogens is 516 g/mol. The van der Waals surface area contributed by atoms with Crippen molar-refractivity contribution < 1.29 is 28.6 Å². The van der Waals surface area contributed by atoms with Gasteiger partial charge in [0.15, 0.2) is 11.5 Å². The zero-order valence-electron chi connectivity index (χ0n) is 18.9. The molecule has 1 aliphatic heterocycles. The van der Waals surface area contributed by atoms with Crippen LogP contribution in [-0.2, 0) is 16.2 Å². The third-order valence-electron chi connectivity index (χ3n) is 5.27. The topological polar surface area (TPSA) is 94.2 Å². The first kappa shape index (κ1) is 24.0. The molecule has 0 bridgehead atoms. The number of imide groups is 2. The van der Waals surface area contributed by atoms with Gasteiger partial charge in [0.25, 0.3) is 11.8 Å². The second-order valence-corrected chi connectivity index (χ2v) is 8.30. The van der Waals surface area contributed by atoms with Crippen LogP contribution in [0.4, 0.5) is 10.5 Å². The Bertz CT molecular complexity index is 1320. The molecule has 0 spiro atoms. The van der Waals surface area contributed by atoms with Gasteiger partial charge in [0.1, 0.15) is 17.9 Å². The summed E-state index contributed by atoms with van der Waals surface area (Å²) in [6.45, 7) is 0.318. The standard InChI is InChI=1S/C26H21BrN2O6/c1-33-19-10-8-18(9-11-19)29-25(31)20(24(30)28-26(29)32)13-16-7-12-22(23(14-16)34-2)35-15-17-5-3-4-6-21(17)27/h3-14H,15H2,1-2H3,(H,28,30,32)/b20-13+. The van der Waals surface area contributed by atoms with Crippen molar-refractivity contribution in [3.8, 4) is 17.2 Å². The highest BCUT2D eigenvalue weighted by Gasteiger charge is 2.36. The zero-order chi connectivity index (χ0) is 24.9. The number of anilines is 1. The minimum absolute atomic E-state index is 0.190. The van der Waals surface area contributed by atoms with Gasteiger partial charge in [-0.25, -0.2) is 9.69 Å². The lowest BCUT2D eigenvalue weighted by Crippen LogP contribution is -2.54. The monoisotopic (exact) mass is 536 g/mol. The van der Waals surface area contributed by atoms with Crippen LogP contribution in [0.2, 0.25) is 0 Å². The largest absolute Gasteiger partial charge is 0.497 e. The van der Waals surface area contributed by atoms with Crippen molar-refractivity contribution in [2.75, 3.05) is 19.1 Å². The van der Waals surface area contributed by atoms with Gasteiger partial charge in [-0.3, -0.25) is 14.9 Å². The van der Waals surface area contributed by atoms with E-state index in [4.69, 9.17) is 14.2 Å². The number of urea groups is 1. The minimum Gasteiger partial charge on any atom is -0.497 e. The van der Waals surface area contributed by atoms with Crippen LogP contribution >= 0.6 is 15.9 Å². The number of halogens is 1. The van der Waals surface area contributed by atoms with Gasteiger partial charge in [0.2, 0.25) is 0 Å². The maximum atomic E-state index is 13.1. The first-order valence-electron chi connectivity index (χ1n) is 10.5. The number of nitrogens with one attached hydrogen (secondary N) is 1. The van der Waals surface area contributed by atoms with Gasteiger partial charge in [0, 0.05) is 10.0 Å². The van der Waals surface area contributed by atoms with Crippen molar-refractivity contribution in [2.45, 2.75) is 6.61 Å². The highest BCUT2D eigenvalue weighted by atomic mass is 79.9. The summed E-state index contributed by atoms with van der Waals surface area (Å²) in [5, 5.41) is 2.21. The molecule has 0 unspecified atom stereocenters. The lowest BCUT2D eigenvalue weighted by molar-refractivity contribution is -0.122. The number of amides is 4. The van der Waals surface area contributed by atoms with Crippen LogP contribution in [0.15, 0.2) is 76.8 Å². The fourth-order valence-electron chi connectivity index (χ4n) is 3.45. The predicted octanol–water partition coefficient (Wildman–Crippen LogP) is 4.71. The molecule has 4 amide bonds. The molecule has 1 fully saturated rings. The molecule has 0 saturated carbocycles. The fraction of sp³-hybridized carbons (Fsp3) is 0.115. The Morgan fingerprint density at radius 1 is 0.914 bits per heavy atom. The van der Waals surface area contributed by atoms with E-state index in [1.807, 2.05) is 24.3 Å². The Morgan fingerprint density at radius 2 is 1.66 bits per heavy atom. The Hall–Kier alpha value is -4.11. The van der Waals surface area contributed by atoms with Crippen molar-refractivity contribution in [1.29, 1.82) is 0 Å². The van der Waals surface area contributed by atoms with Crippen LogP contribution in [-0.4, -0.2) is 32.1 Å². The molecule has 3 aromatic rings. The summed E-state index contributed by atoms with van der Waals surface area (Å²) in [5.41, 5.74) is 1.61. The number of benzene rings is 3. The molecule has 0 aliphatic carbocycles. The molecule has 8 nitrogen and oxygen atoms in total. The number of methoxy groups -OCH3 is 2. The zero-order valence-corrected chi connectivity index (χ0v) is 20.5. The summed E-state index contributed by atoms with van der Waals surface area (Å²) in [5.74, 6) is -0.0207. The van der Waals surface area contributed by atoms with Crippen LogP contribution in [0.3, 0.4) is 0 Å². The highest BCUT2D eigenvalue weighted by molar-refractivity contribution is 9.10. The third-order valence-corrected chi connectivity index (χ3v) is 6.05. The number of ether oxygens (including phenoxy) is 3. The van der Waals surface area contributed by atoms with E-state index in [0.29, 0.717) is 35.1 Å². The summed E-state index contributed by atoms with van der Waals surface area (Å²) < 4.78 is 17.4. The molecule has 0 aromatic heterocycles. The average Bonchev–Trinajstić information content (AvgIpc) is 2.86. The molecule has 1 N–H and O–H groups in total. The third kappa shape index (κ3) is 5.20. The second-order valence-electron chi connectivity index (χ2n) is 7.45. The number of hydrogen-bond acceptors (Lipinski definition) is 6. The number of carbonyl (C=O) groups is 3. The van der Waals surface area contributed by atoms with Gasteiger partial charge in [-0.2, -0.15) is 0 Å². The maximum Gasteiger partial charge on any atom is 0.335 e. The Kier molecular flexibility index (Phi) is 7.17. The lowest BCUT2D eigenvalue weighted by atomic mass is 10.1. The lowest BCUT2D eigenvalue weighted by Gasteiger charge is -2.26. The molecule has 35 heavy (non-hydrogen) atoms. The summed E-state index contributed by atoms with van der Waals surface area (Å²) >= 11 is 3.49. The summed E-state index contributed by atoms with van der Waals surface area (Å²) in [4.78, 5) is 38.9. The summed E-state index contributed by atoms with van der Waals surface area (Å²) in [6, 6.07) is 18.3. The van der Waals surface area contributed by atoms with Crippen molar-refractivity contribution in [3.05, 3.63) is 87.9 Å². The number of hydrogen-bond donors (Lipinski definition) is 1. The molecule has 4 rings (SSSR count). The molecule has 178 valence electrons. The Morgan fingerprint density at radius 3 is 2.34 bits per heavy atom. The van der Waals surface area contributed by atoms with Crippen molar-refractivity contribution >= 4 is 45.5 Å². The van der Waals surface area contributed by atoms with E-state index in [1.165, 1.54) is 20.3 Å². The van der Waals surface area contributed by atoms with E-state index in [0.717, 1.165) is 14.9 Å². The molecule has 9 heteroatoms. The first-order valence-corrected chi connectivity index (χ1v) is 11.3. The van der Waals surface area contributed by atoms with Gasteiger partial charge < -0.3 is 14.2 Å². The maximum absolute atomic E-state index is 13.1. The van der Waals surface area contributed by atoms with E-state index >= 15 is 0 Å². The number of barbiturate groups is 1. The second kappa shape index (κ2) is 10.4. The molecule has 1 aliphatic rings. The van der Waals surface area contributed by atoms with Crippen molar-refractivity contribution in [3.63, 3.8) is 0 Å². The quantitative estimate of drug-likeness (QED) is 0.347. The molecule has 0 radical (unpaired) electrons. The van der Waals surface area contributed by atoms with Gasteiger partial charge in [0.05, 0.1) is 19.9 Å². The SMILES string of the molecule is COc1ccc(N2C(=O)NC(=O)/C(=C\c3ccc(OCc4ccccc4Br)c(OC)c3)C2=O)cc1. The number of nitrogens with zero attached hydrogens (tertiary/aromatic N) is 1. The van der Waals surface area contributed by atoms with E-state index in [2.05, 4.69) is 21.2 Å². The van der Waals surface area contributed by atoms with Crippen molar-refractivity contribution in [1.82, 2.24) is 5.32 Å². The Balaban J connectivity index is 1.59. The molecule has 3 aromatic carbocycles. The highest BCUT2D eigenvalue weighted by Crippen LogP contribution is 2.31. The first-order chi connectivity index (χ1) is 16.9. The summed E-state index contributed by atoms with van der Waals surface area (Å²) in [7, 11) is 3.01. The van der Waals surface area contributed by atoms with Crippen LogP contribution in [0.5, 0.6) is 17.2 Å². The van der Waals surface area contributed by atoms with Crippen LogP contribution < -0.4 is 24.4 Å². The molecule has 0 atom stereocenters. The molecule has 1 saturated heterocycles. The van der Waals surface area contributed by atoms with E-state index < -0.39 is 17.8 Å². The van der Waals surface area contributed by atoms with E-state index in [-0.39, 0.29) is 5.57 Å². The molecule has 1 heterocycles. The van der Waals surface area contributed by atoms with E-state index in [1.54, 1.807) is 42.5 Å². The average molecular weight is 537 g/mol. The fourth-order valence-corrected chi connectivity index (χ4v) is 3.85. The summed E-state index contributed by atoms with van der Waals surface area (Å²) in [6.07, 6.45) is 1.40. The van der Waals surface area contributed by atoms with Gasteiger partial charge in [-0.05, 0) is 54.1 Å². The minimum atomic E-state index is -0.823. The van der Waals surface area contributed by atoms with Gasteiger partial charge >= 0.3 is 6.03 Å². The number of rotatable bonds is 7. The normalized spacial score (nSPS) is 14.7. The van der Waals surface area contributed by atoms with Gasteiger partial charge in [-0.15, -0.1) is 0 Å². The predicted molar refractivity (Wildman–Crippen MR) is 133 cm³/mol. The smallest absolute Gasteiger partial charge is 0.335 e. The molecular formula is C26H21BrN2O6. The van der Waals surface area contributed by atoms with Crippen LogP contribution in [0.25, 0.3) is 6.08 Å². The van der Waals surface area contributed by atoms with Gasteiger partial charge in [-0.1, -0.05) is 40.2 Å². The van der Waals surface area contributed by atoms with Crippen molar-refractivity contribution in [2.24, 2.45) is 0 Å². The van der Waals surface area contributed by atoms with E-state index in [9.17, 15) is 14.4 Å².